The largest absolute Gasteiger partial charge is 0.490 e. The fourth-order valence-electron chi connectivity index (χ4n) is 1.89. The Bertz CT molecular complexity index is 680. The normalized spacial score (nSPS) is 9.95. The van der Waals surface area contributed by atoms with Crippen LogP contribution in [0, 0.1) is 17.1 Å². The molecule has 0 saturated carbocycles. The van der Waals surface area contributed by atoms with Gasteiger partial charge in [0.2, 0.25) is 0 Å². The molecule has 0 bridgehead atoms. The summed E-state index contributed by atoms with van der Waals surface area (Å²) in [5.41, 5.74) is 7.28. The molecule has 2 aromatic carbocycles. The Kier molecular flexibility index (Phi) is 4.62. The van der Waals surface area contributed by atoms with Crippen molar-refractivity contribution in [2.45, 2.75) is 13.5 Å². The van der Waals surface area contributed by atoms with Crippen molar-refractivity contribution in [1.82, 2.24) is 0 Å². The molecule has 0 aliphatic carbocycles. The van der Waals surface area contributed by atoms with Crippen molar-refractivity contribution >= 4 is 5.69 Å². The van der Waals surface area contributed by atoms with Gasteiger partial charge in [-0.2, -0.15) is 5.26 Å². The van der Waals surface area contributed by atoms with E-state index in [0.717, 1.165) is 0 Å². The van der Waals surface area contributed by atoms with Crippen molar-refractivity contribution in [3.63, 3.8) is 0 Å². The van der Waals surface area contributed by atoms with E-state index in [-0.39, 0.29) is 12.4 Å². The van der Waals surface area contributed by atoms with Crippen molar-refractivity contribution in [1.29, 1.82) is 5.26 Å². The highest BCUT2D eigenvalue weighted by atomic mass is 19.1. The predicted octanol–water partition coefficient (Wildman–Crippen LogP) is 3.26. The first-order chi connectivity index (χ1) is 10.1. The summed E-state index contributed by atoms with van der Waals surface area (Å²) in [4.78, 5) is 0. The van der Waals surface area contributed by atoms with Gasteiger partial charge in [-0.05, 0) is 30.7 Å². The average molecular weight is 286 g/mol. The van der Waals surface area contributed by atoms with Gasteiger partial charge in [-0.1, -0.05) is 12.1 Å². The Balaban J connectivity index is 2.24. The van der Waals surface area contributed by atoms with Crippen LogP contribution >= 0.6 is 0 Å². The van der Waals surface area contributed by atoms with Crippen LogP contribution in [0.25, 0.3) is 0 Å². The molecule has 0 heterocycles. The molecule has 2 N–H and O–H groups in total. The fraction of sp³-hybridized carbons (Fsp3) is 0.188. The van der Waals surface area contributed by atoms with Crippen LogP contribution in [0.2, 0.25) is 0 Å². The summed E-state index contributed by atoms with van der Waals surface area (Å²) in [5.74, 6) is 0.444. The summed E-state index contributed by atoms with van der Waals surface area (Å²) in [5, 5.41) is 8.94. The zero-order valence-corrected chi connectivity index (χ0v) is 11.6. The van der Waals surface area contributed by atoms with E-state index in [1.807, 2.05) is 13.0 Å². The van der Waals surface area contributed by atoms with Crippen molar-refractivity contribution in [2.75, 3.05) is 12.3 Å². The number of nitriles is 1. The highest BCUT2D eigenvalue weighted by Gasteiger charge is 2.12. The molecule has 0 saturated heterocycles. The van der Waals surface area contributed by atoms with Crippen molar-refractivity contribution in [3.8, 4) is 17.6 Å². The Hall–Kier alpha value is -2.74. The molecule has 0 radical (unpaired) electrons. The lowest BCUT2D eigenvalue weighted by Gasteiger charge is -2.14. The summed E-state index contributed by atoms with van der Waals surface area (Å²) in [6.07, 6.45) is 0. The van der Waals surface area contributed by atoms with E-state index >= 15 is 0 Å². The van der Waals surface area contributed by atoms with Crippen LogP contribution in [0.3, 0.4) is 0 Å². The predicted molar refractivity (Wildman–Crippen MR) is 77.5 cm³/mol. The SMILES string of the molecule is CCOc1cc(C#N)cc(N)c1OCc1cccc(F)c1. The molecule has 0 atom stereocenters. The molecule has 5 heteroatoms. The number of hydrogen-bond donors (Lipinski definition) is 1. The molecule has 0 unspecified atom stereocenters. The molecule has 0 spiro atoms. The maximum Gasteiger partial charge on any atom is 0.184 e. The second-order valence-corrected chi connectivity index (χ2v) is 4.36. The zero-order valence-electron chi connectivity index (χ0n) is 11.6. The third-order valence-corrected chi connectivity index (χ3v) is 2.78. The number of rotatable bonds is 5. The Morgan fingerprint density at radius 2 is 2.05 bits per heavy atom. The Labute approximate surface area is 122 Å². The Morgan fingerprint density at radius 1 is 1.24 bits per heavy atom. The van der Waals surface area contributed by atoms with Gasteiger partial charge in [-0.25, -0.2) is 4.39 Å². The van der Waals surface area contributed by atoms with Gasteiger partial charge in [0, 0.05) is 6.07 Å². The summed E-state index contributed by atoms with van der Waals surface area (Å²) in [6.45, 7) is 2.41. The minimum absolute atomic E-state index is 0.161. The third kappa shape index (κ3) is 3.63. The van der Waals surface area contributed by atoms with Gasteiger partial charge < -0.3 is 15.2 Å². The number of halogens is 1. The lowest BCUT2D eigenvalue weighted by molar-refractivity contribution is 0.270. The highest BCUT2D eigenvalue weighted by Crippen LogP contribution is 2.35. The topological polar surface area (TPSA) is 68.3 Å². The van der Waals surface area contributed by atoms with Gasteiger partial charge in [0.15, 0.2) is 11.5 Å². The summed E-state index contributed by atoms with van der Waals surface area (Å²) < 4.78 is 24.2. The number of nitrogens with zero attached hydrogens (tertiary/aromatic N) is 1. The molecule has 108 valence electrons. The van der Waals surface area contributed by atoms with Crippen molar-refractivity contribution in [2.24, 2.45) is 0 Å². The van der Waals surface area contributed by atoms with Crippen molar-refractivity contribution in [3.05, 3.63) is 53.3 Å². The molecular formula is C16H15FN2O2. The number of anilines is 1. The van der Waals surface area contributed by atoms with Crippen LogP contribution in [0.4, 0.5) is 10.1 Å². The van der Waals surface area contributed by atoms with Gasteiger partial charge in [-0.15, -0.1) is 0 Å². The van der Waals surface area contributed by atoms with Crippen LogP contribution in [0.1, 0.15) is 18.1 Å². The van der Waals surface area contributed by atoms with Crippen LogP contribution in [-0.2, 0) is 6.61 Å². The Morgan fingerprint density at radius 3 is 2.71 bits per heavy atom. The van der Waals surface area contributed by atoms with Gasteiger partial charge in [0.05, 0.1) is 23.9 Å². The fourth-order valence-corrected chi connectivity index (χ4v) is 1.89. The number of hydrogen-bond acceptors (Lipinski definition) is 4. The molecule has 21 heavy (non-hydrogen) atoms. The average Bonchev–Trinajstić information content (AvgIpc) is 2.46. The maximum atomic E-state index is 13.1. The molecule has 0 aromatic heterocycles. The van der Waals surface area contributed by atoms with Gasteiger partial charge >= 0.3 is 0 Å². The molecule has 0 fully saturated rings. The molecule has 2 rings (SSSR count). The first-order valence-electron chi connectivity index (χ1n) is 6.47. The molecule has 4 nitrogen and oxygen atoms in total. The first-order valence-corrected chi connectivity index (χ1v) is 6.47. The minimum Gasteiger partial charge on any atom is -0.490 e. The second kappa shape index (κ2) is 6.62. The molecule has 0 aliphatic rings. The van der Waals surface area contributed by atoms with Crippen LogP contribution < -0.4 is 15.2 Å². The summed E-state index contributed by atoms with van der Waals surface area (Å²) in [7, 11) is 0. The van der Waals surface area contributed by atoms with E-state index in [0.29, 0.717) is 34.9 Å². The number of nitrogens with two attached hydrogens (primary N) is 1. The molecular weight excluding hydrogens is 271 g/mol. The monoisotopic (exact) mass is 286 g/mol. The van der Waals surface area contributed by atoms with E-state index in [9.17, 15) is 4.39 Å². The quantitative estimate of drug-likeness (QED) is 0.857. The van der Waals surface area contributed by atoms with Crippen LogP contribution in [0.15, 0.2) is 36.4 Å². The van der Waals surface area contributed by atoms with E-state index in [1.54, 1.807) is 18.2 Å². The lowest BCUT2D eigenvalue weighted by Crippen LogP contribution is -2.03. The molecule has 0 amide bonds. The summed E-state index contributed by atoms with van der Waals surface area (Å²) >= 11 is 0. The maximum absolute atomic E-state index is 13.1. The van der Waals surface area contributed by atoms with Gasteiger partial charge in [0.25, 0.3) is 0 Å². The number of nitrogen functional groups attached to an aromatic ring is 1. The number of ether oxygens (including phenoxy) is 2. The highest BCUT2D eigenvalue weighted by molar-refractivity contribution is 5.64. The zero-order chi connectivity index (χ0) is 15.2. The first kappa shape index (κ1) is 14.7. The standard InChI is InChI=1S/C16H15FN2O2/c1-2-20-15-8-12(9-18)7-14(19)16(15)21-10-11-4-3-5-13(17)6-11/h3-8H,2,10,19H2,1H3. The molecule has 0 aliphatic heterocycles. The lowest BCUT2D eigenvalue weighted by atomic mass is 10.2. The van der Waals surface area contributed by atoms with Crippen molar-refractivity contribution < 1.29 is 13.9 Å². The minimum atomic E-state index is -0.325. The second-order valence-electron chi connectivity index (χ2n) is 4.36. The third-order valence-electron chi connectivity index (χ3n) is 2.78. The molecule has 2 aromatic rings. The smallest absolute Gasteiger partial charge is 0.184 e. The number of benzene rings is 2. The van der Waals surface area contributed by atoms with Gasteiger partial charge in [-0.3, -0.25) is 0 Å². The van der Waals surface area contributed by atoms with E-state index in [2.05, 4.69) is 0 Å². The van der Waals surface area contributed by atoms with E-state index < -0.39 is 0 Å². The van der Waals surface area contributed by atoms with Crippen LogP contribution in [-0.4, -0.2) is 6.61 Å². The van der Waals surface area contributed by atoms with E-state index in [1.165, 1.54) is 18.2 Å². The van der Waals surface area contributed by atoms with E-state index in [4.69, 9.17) is 20.5 Å². The van der Waals surface area contributed by atoms with Gasteiger partial charge in [0.1, 0.15) is 12.4 Å². The summed E-state index contributed by atoms with van der Waals surface area (Å²) in [6, 6.07) is 11.2. The van der Waals surface area contributed by atoms with Crippen LogP contribution in [0.5, 0.6) is 11.5 Å².